The molecule has 2 heterocycles. The van der Waals surface area contributed by atoms with E-state index in [2.05, 4.69) is 4.90 Å². The molecule has 0 radical (unpaired) electrons. The lowest BCUT2D eigenvalue weighted by molar-refractivity contribution is -0.139. The molecule has 1 N–H and O–H groups in total. The zero-order valence-electron chi connectivity index (χ0n) is 16.0. The number of carboxylic acid groups (broad SMARTS) is 1. The van der Waals surface area contributed by atoms with Crippen LogP contribution in [0.5, 0.6) is 0 Å². The molecule has 9 heteroatoms. The van der Waals surface area contributed by atoms with Crippen molar-refractivity contribution in [1.82, 2.24) is 5.06 Å². The summed E-state index contributed by atoms with van der Waals surface area (Å²) in [6.45, 7) is 7.69. The Bertz CT molecular complexity index is 888. The average Bonchev–Trinajstić information content (AvgIpc) is 2.90. The molecule has 1 aromatic heterocycles. The first-order chi connectivity index (χ1) is 13.1. The molecule has 0 amide bonds. The molecular formula is C19H23ClN2O6. The second kappa shape index (κ2) is 7.89. The maximum atomic E-state index is 11.9. The normalized spacial score (nSPS) is 16.1. The van der Waals surface area contributed by atoms with Gasteiger partial charge < -0.3 is 24.0 Å². The van der Waals surface area contributed by atoms with Crippen molar-refractivity contribution < 1.29 is 28.7 Å². The molecular weight excluding hydrogens is 388 g/mol. The number of benzene rings is 1. The van der Waals surface area contributed by atoms with Gasteiger partial charge in [0, 0.05) is 31.1 Å². The summed E-state index contributed by atoms with van der Waals surface area (Å²) in [5.41, 5.74) is 0.596. The van der Waals surface area contributed by atoms with E-state index in [1.54, 1.807) is 31.9 Å². The molecule has 1 fully saturated rings. The fourth-order valence-electron chi connectivity index (χ4n) is 3.02. The van der Waals surface area contributed by atoms with E-state index in [4.69, 9.17) is 30.7 Å². The largest absolute Gasteiger partial charge is 0.528 e. The van der Waals surface area contributed by atoms with Gasteiger partial charge in [0.2, 0.25) is 5.76 Å². The third kappa shape index (κ3) is 4.69. The van der Waals surface area contributed by atoms with E-state index in [9.17, 15) is 9.59 Å². The van der Waals surface area contributed by atoms with Crippen molar-refractivity contribution in [3.05, 3.63) is 29.0 Å². The Hall–Kier alpha value is -2.45. The van der Waals surface area contributed by atoms with Crippen LogP contribution in [0.25, 0.3) is 11.0 Å². The molecule has 0 spiro atoms. The van der Waals surface area contributed by atoms with Gasteiger partial charge in [0.05, 0.1) is 17.3 Å². The van der Waals surface area contributed by atoms with Gasteiger partial charge >= 0.3 is 12.1 Å². The molecule has 0 unspecified atom stereocenters. The summed E-state index contributed by atoms with van der Waals surface area (Å²) in [7, 11) is 0. The second-order valence-electron chi connectivity index (χ2n) is 7.55. The number of rotatable bonds is 3. The molecule has 0 saturated carbocycles. The first kappa shape index (κ1) is 20.3. The summed E-state index contributed by atoms with van der Waals surface area (Å²) in [5, 5.41) is 11.7. The minimum atomic E-state index is -1.14. The topological polar surface area (TPSA) is 92.5 Å². The third-order valence-electron chi connectivity index (χ3n) is 4.21. The summed E-state index contributed by atoms with van der Waals surface area (Å²) in [6.07, 6.45) is 0.0307. The first-order valence-corrected chi connectivity index (χ1v) is 9.38. The lowest BCUT2D eigenvalue weighted by Crippen LogP contribution is -2.35. The number of ether oxygens (including phenoxy) is 1. The van der Waals surface area contributed by atoms with E-state index in [0.29, 0.717) is 42.2 Å². The SMILES string of the molecule is CC(C)(C)OC(=O)ON1CCCN(c2ccc3oc(C(=O)O)cc3c2Cl)CC1. The minimum absolute atomic E-state index is 0.151. The molecule has 2 aromatic rings. The quantitative estimate of drug-likeness (QED) is 0.754. The lowest BCUT2D eigenvalue weighted by Gasteiger charge is -2.25. The van der Waals surface area contributed by atoms with Gasteiger partial charge in [-0.05, 0) is 39.3 Å². The second-order valence-corrected chi connectivity index (χ2v) is 7.93. The number of hydrogen-bond acceptors (Lipinski definition) is 7. The highest BCUT2D eigenvalue weighted by Gasteiger charge is 2.24. The molecule has 1 saturated heterocycles. The van der Waals surface area contributed by atoms with Crippen LogP contribution in [-0.4, -0.2) is 54.1 Å². The van der Waals surface area contributed by atoms with Crippen LogP contribution < -0.4 is 4.90 Å². The predicted molar refractivity (Wildman–Crippen MR) is 104 cm³/mol. The van der Waals surface area contributed by atoms with Crippen LogP contribution in [0.2, 0.25) is 5.02 Å². The highest BCUT2D eigenvalue weighted by atomic mass is 35.5. The van der Waals surface area contributed by atoms with Crippen LogP contribution in [0.1, 0.15) is 37.7 Å². The molecule has 1 aliphatic rings. The number of carboxylic acids is 1. The maximum absolute atomic E-state index is 11.9. The number of halogens is 1. The fourth-order valence-corrected chi connectivity index (χ4v) is 3.35. The summed E-state index contributed by atoms with van der Waals surface area (Å²) >= 11 is 6.53. The van der Waals surface area contributed by atoms with Crippen molar-refractivity contribution in [2.45, 2.75) is 32.8 Å². The highest BCUT2D eigenvalue weighted by Crippen LogP contribution is 2.35. The summed E-state index contributed by atoms with van der Waals surface area (Å²) < 4.78 is 10.5. The molecule has 152 valence electrons. The number of furan rings is 1. The van der Waals surface area contributed by atoms with Gasteiger partial charge in [-0.2, -0.15) is 0 Å². The van der Waals surface area contributed by atoms with E-state index in [0.717, 1.165) is 12.1 Å². The van der Waals surface area contributed by atoms with Crippen molar-refractivity contribution in [3.63, 3.8) is 0 Å². The van der Waals surface area contributed by atoms with Gasteiger partial charge in [0.1, 0.15) is 11.2 Å². The Morgan fingerprint density at radius 2 is 1.93 bits per heavy atom. The van der Waals surface area contributed by atoms with Crippen molar-refractivity contribution in [1.29, 1.82) is 0 Å². The van der Waals surface area contributed by atoms with E-state index in [1.165, 1.54) is 6.07 Å². The predicted octanol–water partition coefficient (Wildman–Crippen LogP) is 4.16. The average molecular weight is 411 g/mol. The number of hydroxylamine groups is 2. The van der Waals surface area contributed by atoms with E-state index in [-0.39, 0.29) is 5.76 Å². The smallest absolute Gasteiger partial charge is 0.475 e. The fraction of sp³-hybridized carbons (Fsp3) is 0.474. The molecule has 0 aliphatic carbocycles. The molecule has 1 aliphatic heterocycles. The Morgan fingerprint density at radius 3 is 2.61 bits per heavy atom. The van der Waals surface area contributed by atoms with Gasteiger partial charge in [-0.3, -0.25) is 0 Å². The van der Waals surface area contributed by atoms with Crippen LogP contribution in [0.4, 0.5) is 10.5 Å². The van der Waals surface area contributed by atoms with Crippen molar-refractivity contribution in [2.24, 2.45) is 0 Å². The number of aromatic carboxylic acids is 1. The van der Waals surface area contributed by atoms with Crippen LogP contribution in [-0.2, 0) is 9.57 Å². The van der Waals surface area contributed by atoms with Crippen molar-refractivity contribution in [2.75, 3.05) is 31.1 Å². The zero-order valence-corrected chi connectivity index (χ0v) is 16.8. The van der Waals surface area contributed by atoms with Crippen molar-refractivity contribution >= 4 is 40.4 Å². The first-order valence-electron chi connectivity index (χ1n) is 9.00. The standard InChI is InChI=1S/C19H23ClN2O6/c1-19(2,3)27-18(25)28-22-8-4-7-21(9-10-22)13-5-6-14-12(16(13)20)11-15(26-14)17(23)24/h5-6,11H,4,7-10H2,1-3H3,(H,23,24). The number of anilines is 1. The van der Waals surface area contributed by atoms with E-state index in [1.807, 2.05) is 6.07 Å². The monoisotopic (exact) mass is 410 g/mol. The van der Waals surface area contributed by atoms with E-state index < -0.39 is 17.7 Å². The van der Waals surface area contributed by atoms with Gasteiger partial charge in [0.15, 0.2) is 0 Å². The maximum Gasteiger partial charge on any atom is 0.528 e. The Labute approximate surface area is 167 Å². The summed E-state index contributed by atoms with van der Waals surface area (Å²) in [4.78, 5) is 30.4. The van der Waals surface area contributed by atoms with Crippen LogP contribution in [0.15, 0.2) is 22.6 Å². The Kier molecular flexibility index (Phi) is 5.71. The molecule has 8 nitrogen and oxygen atoms in total. The molecule has 0 bridgehead atoms. The van der Waals surface area contributed by atoms with Gasteiger partial charge in [-0.25, -0.2) is 9.59 Å². The number of fused-ring (bicyclic) bond motifs is 1. The molecule has 3 rings (SSSR count). The Balaban J connectivity index is 1.71. The van der Waals surface area contributed by atoms with Gasteiger partial charge in [0.25, 0.3) is 0 Å². The molecule has 1 aromatic carbocycles. The van der Waals surface area contributed by atoms with Gasteiger partial charge in [-0.15, -0.1) is 5.06 Å². The number of nitrogens with zero attached hydrogens (tertiary/aromatic N) is 2. The van der Waals surface area contributed by atoms with Crippen molar-refractivity contribution in [3.8, 4) is 0 Å². The summed E-state index contributed by atoms with van der Waals surface area (Å²) in [5.74, 6) is -1.29. The third-order valence-corrected chi connectivity index (χ3v) is 4.61. The zero-order chi connectivity index (χ0) is 20.5. The van der Waals surface area contributed by atoms with Crippen LogP contribution in [0, 0.1) is 0 Å². The van der Waals surface area contributed by atoms with Crippen LogP contribution >= 0.6 is 11.6 Å². The van der Waals surface area contributed by atoms with Gasteiger partial charge in [-0.1, -0.05) is 11.6 Å². The van der Waals surface area contributed by atoms with Crippen LogP contribution in [0.3, 0.4) is 0 Å². The highest BCUT2D eigenvalue weighted by molar-refractivity contribution is 6.38. The number of carbonyl (C=O) groups is 2. The Morgan fingerprint density at radius 1 is 1.18 bits per heavy atom. The van der Waals surface area contributed by atoms with E-state index >= 15 is 0 Å². The summed E-state index contributed by atoms with van der Waals surface area (Å²) in [6, 6.07) is 4.95. The molecule has 0 atom stereocenters. The minimum Gasteiger partial charge on any atom is -0.475 e. The lowest BCUT2D eigenvalue weighted by atomic mass is 10.2. The molecule has 28 heavy (non-hydrogen) atoms. The number of hydrogen-bond donors (Lipinski definition) is 1. The number of carbonyl (C=O) groups excluding carboxylic acids is 1.